The van der Waals surface area contributed by atoms with E-state index in [1.807, 2.05) is 7.05 Å². The van der Waals surface area contributed by atoms with E-state index in [-0.39, 0.29) is 6.10 Å². The Labute approximate surface area is 115 Å². The molecule has 8 heteroatoms. The van der Waals surface area contributed by atoms with Gasteiger partial charge >= 0.3 is 5.97 Å². The molecule has 3 rings (SSSR count). The molecule has 110 valence electrons. The highest BCUT2D eigenvalue weighted by atomic mass is 16.6. The van der Waals surface area contributed by atoms with Gasteiger partial charge in [0.2, 0.25) is 5.82 Å². The summed E-state index contributed by atoms with van der Waals surface area (Å²) in [5, 5.41) is 12.8. The molecule has 0 amide bonds. The lowest BCUT2D eigenvalue weighted by Crippen LogP contribution is -2.35. The van der Waals surface area contributed by atoms with Crippen molar-refractivity contribution in [2.45, 2.75) is 31.2 Å². The third-order valence-corrected chi connectivity index (χ3v) is 3.59. The van der Waals surface area contributed by atoms with E-state index < -0.39 is 18.2 Å². The van der Waals surface area contributed by atoms with Crippen LogP contribution >= 0.6 is 0 Å². The number of aliphatic carboxylic acids is 1. The largest absolute Gasteiger partial charge is 0.479 e. The number of carbonyl (C=O) groups is 1. The molecule has 2 aliphatic rings. The SMILES string of the molecule is CN1CCOC(c2noc(C3CCC(C(=O)O)O3)n2)C1. The summed E-state index contributed by atoms with van der Waals surface area (Å²) in [5.41, 5.74) is 0. The number of ether oxygens (including phenoxy) is 2. The molecule has 0 radical (unpaired) electrons. The molecule has 1 N–H and O–H groups in total. The van der Waals surface area contributed by atoms with E-state index in [1.54, 1.807) is 0 Å². The smallest absolute Gasteiger partial charge is 0.332 e. The van der Waals surface area contributed by atoms with Crippen molar-refractivity contribution in [3.8, 4) is 0 Å². The van der Waals surface area contributed by atoms with E-state index in [4.69, 9.17) is 19.1 Å². The molecule has 3 heterocycles. The lowest BCUT2D eigenvalue weighted by molar-refractivity contribution is -0.150. The molecule has 0 spiro atoms. The summed E-state index contributed by atoms with van der Waals surface area (Å²) >= 11 is 0. The normalized spacial score (nSPS) is 31.6. The van der Waals surface area contributed by atoms with Crippen LogP contribution in [0.1, 0.15) is 36.8 Å². The summed E-state index contributed by atoms with van der Waals surface area (Å²) in [6, 6.07) is 0. The Morgan fingerprint density at radius 1 is 1.40 bits per heavy atom. The second-order valence-electron chi connectivity index (χ2n) is 5.14. The van der Waals surface area contributed by atoms with Crippen LogP contribution in [0.2, 0.25) is 0 Å². The van der Waals surface area contributed by atoms with E-state index in [1.165, 1.54) is 0 Å². The standard InChI is InChI=1S/C12H17N3O5/c1-15-4-5-18-9(6-15)10-13-11(20-14-10)7-2-3-8(19-7)12(16)17/h7-9H,2-6H2,1H3,(H,16,17). The van der Waals surface area contributed by atoms with E-state index in [0.29, 0.717) is 37.7 Å². The van der Waals surface area contributed by atoms with Gasteiger partial charge in [-0.25, -0.2) is 4.79 Å². The highest BCUT2D eigenvalue weighted by Crippen LogP contribution is 2.32. The highest BCUT2D eigenvalue weighted by molar-refractivity contribution is 5.72. The molecule has 2 saturated heterocycles. The van der Waals surface area contributed by atoms with Crippen LogP contribution in [0.3, 0.4) is 0 Å². The minimum Gasteiger partial charge on any atom is -0.479 e. The Morgan fingerprint density at radius 2 is 2.25 bits per heavy atom. The molecule has 8 nitrogen and oxygen atoms in total. The number of morpholine rings is 1. The second-order valence-corrected chi connectivity index (χ2v) is 5.14. The monoisotopic (exact) mass is 283 g/mol. The summed E-state index contributed by atoms with van der Waals surface area (Å²) in [6.07, 6.45) is -0.390. The van der Waals surface area contributed by atoms with E-state index in [2.05, 4.69) is 15.0 Å². The van der Waals surface area contributed by atoms with Crippen molar-refractivity contribution in [3.05, 3.63) is 11.7 Å². The maximum absolute atomic E-state index is 10.8. The molecule has 3 unspecified atom stereocenters. The van der Waals surface area contributed by atoms with Gasteiger partial charge in [-0.15, -0.1) is 0 Å². The average molecular weight is 283 g/mol. The number of hydrogen-bond acceptors (Lipinski definition) is 7. The summed E-state index contributed by atoms with van der Waals surface area (Å²) < 4.78 is 16.2. The van der Waals surface area contributed by atoms with Gasteiger partial charge < -0.3 is 24.0 Å². The fourth-order valence-electron chi connectivity index (χ4n) is 2.44. The molecule has 0 saturated carbocycles. The summed E-state index contributed by atoms with van der Waals surface area (Å²) in [6.45, 7) is 2.22. The summed E-state index contributed by atoms with van der Waals surface area (Å²) in [7, 11) is 2.01. The van der Waals surface area contributed by atoms with Crippen LogP contribution in [0.4, 0.5) is 0 Å². The first-order valence-electron chi connectivity index (χ1n) is 6.65. The Kier molecular flexibility index (Phi) is 3.68. The Morgan fingerprint density at radius 3 is 2.95 bits per heavy atom. The molecule has 1 aromatic heterocycles. The zero-order valence-electron chi connectivity index (χ0n) is 11.2. The van der Waals surface area contributed by atoms with E-state index in [9.17, 15) is 4.79 Å². The topological polar surface area (TPSA) is 97.9 Å². The van der Waals surface area contributed by atoms with Crippen molar-refractivity contribution >= 4 is 5.97 Å². The van der Waals surface area contributed by atoms with Crippen molar-refractivity contribution in [1.82, 2.24) is 15.0 Å². The molecule has 20 heavy (non-hydrogen) atoms. The van der Waals surface area contributed by atoms with Crippen LogP contribution < -0.4 is 0 Å². The van der Waals surface area contributed by atoms with Crippen LogP contribution in [0, 0.1) is 0 Å². The van der Waals surface area contributed by atoms with Gasteiger partial charge in [-0.3, -0.25) is 0 Å². The fraction of sp³-hybridized carbons (Fsp3) is 0.750. The molecule has 1 aromatic rings. The van der Waals surface area contributed by atoms with Crippen LogP contribution in [-0.2, 0) is 14.3 Å². The van der Waals surface area contributed by atoms with Crippen LogP contribution in [0.5, 0.6) is 0 Å². The summed E-state index contributed by atoms with van der Waals surface area (Å²) in [4.78, 5) is 17.3. The van der Waals surface area contributed by atoms with Crippen molar-refractivity contribution in [2.75, 3.05) is 26.7 Å². The van der Waals surface area contributed by atoms with Gasteiger partial charge in [0, 0.05) is 13.1 Å². The molecule has 0 aliphatic carbocycles. The van der Waals surface area contributed by atoms with Crippen molar-refractivity contribution in [3.63, 3.8) is 0 Å². The number of nitrogens with zero attached hydrogens (tertiary/aromatic N) is 3. The molecule has 3 atom stereocenters. The highest BCUT2D eigenvalue weighted by Gasteiger charge is 2.35. The average Bonchev–Trinajstić information content (AvgIpc) is 3.08. The maximum Gasteiger partial charge on any atom is 0.332 e. The van der Waals surface area contributed by atoms with Gasteiger partial charge in [-0.05, 0) is 19.9 Å². The van der Waals surface area contributed by atoms with Gasteiger partial charge in [-0.2, -0.15) is 4.98 Å². The minimum atomic E-state index is -0.954. The van der Waals surface area contributed by atoms with Gasteiger partial charge in [0.25, 0.3) is 5.89 Å². The zero-order valence-corrected chi connectivity index (χ0v) is 11.2. The first kappa shape index (κ1) is 13.5. The van der Waals surface area contributed by atoms with Gasteiger partial charge in [0.15, 0.2) is 6.10 Å². The van der Waals surface area contributed by atoms with Gasteiger partial charge in [0.05, 0.1) is 6.61 Å². The third kappa shape index (κ3) is 2.67. The predicted octanol–water partition coefficient (Wildman–Crippen LogP) is 0.377. The van der Waals surface area contributed by atoms with Crippen molar-refractivity contribution < 1.29 is 23.9 Å². The molecule has 2 fully saturated rings. The first-order valence-corrected chi connectivity index (χ1v) is 6.65. The molecule has 2 aliphatic heterocycles. The third-order valence-electron chi connectivity index (χ3n) is 3.59. The maximum atomic E-state index is 10.8. The number of carboxylic acid groups (broad SMARTS) is 1. The van der Waals surface area contributed by atoms with Crippen LogP contribution in [0.25, 0.3) is 0 Å². The Balaban J connectivity index is 1.66. The molecular formula is C12H17N3O5. The van der Waals surface area contributed by atoms with Crippen molar-refractivity contribution in [1.29, 1.82) is 0 Å². The quantitative estimate of drug-likeness (QED) is 0.850. The van der Waals surface area contributed by atoms with Crippen LogP contribution in [-0.4, -0.2) is 59.0 Å². The lowest BCUT2D eigenvalue weighted by Gasteiger charge is -2.27. The number of likely N-dealkylation sites (N-methyl/N-ethyl adjacent to an activating group) is 1. The number of carboxylic acids is 1. The van der Waals surface area contributed by atoms with Gasteiger partial charge in [0.1, 0.15) is 12.2 Å². The van der Waals surface area contributed by atoms with E-state index >= 15 is 0 Å². The first-order chi connectivity index (χ1) is 9.63. The lowest BCUT2D eigenvalue weighted by atomic mass is 10.2. The summed E-state index contributed by atoms with van der Waals surface area (Å²) in [5.74, 6) is -0.126. The molecule has 0 aromatic carbocycles. The Bertz CT molecular complexity index is 491. The van der Waals surface area contributed by atoms with E-state index in [0.717, 1.165) is 6.54 Å². The fourth-order valence-corrected chi connectivity index (χ4v) is 2.44. The van der Waals surface area contributed by atoms with Crippen LogP contribution in [0.15, 0.2) is 4.52 Å². The number of rotatable bonds is 3. The zero-order chi connectivity index (χ0) is 14.1. The molecule has 0 bridgehead atoms. The second kappa shape index (κ2) is 5.47. The molecular weight excluding hydrogens is 266 g/mol. The Hall–Kier alpha value is -1.51. The minimum absolute atomic E-state index is 0.206. The van der Waals surface area contributed by atoms with Gasteiger partial charge in [-0.1, -0.05) is 5.16 Å². The number of aromatic nitrogens is 2. The predicted molar refractivity (Wildman–Crippen MR) is 65.0 cm³/mol. The van der Waals surface area contributed by atoms with Crippen molar-refractivity contribution in [2.24, 2.45) is 0 Å². The number of hydrogen-bond donors (Lipinski definition) is 1.